The molecule has 0 saturated heterocycles. The van der Waals surface area contributed by atoms with Crippen LogP contribution in [-0.4, -0.2) is 30.7 Å². The molecule has 1 aliphatic rings. The van der Waals surface area contributed by atoms with Gasteiger partial charge in [0.1, 0.15) is 0 Å². The molecule has 1 N–H and O–H groups in total. The first kappa shape index (κ1) is 8.78. The third kappa shape index (κ3) is 2.33. The van der Waals surface area contributed by atoms with Crippen molar-refractivity contribution in [3.63, 3.8) is 0 Å². The molecule has 0 aromatic rings. The number of thiocarbonyl (C=S) groups is 1. The Morgan fingerprint density at radius 2 is 2.27 bits per heavy atom. The molecule has 2 unspecified atom stereocenters. The molecule has 1 saturated carbocycles. The van der Waals surface area contributed by atoms with E-state index in [1.165, 1.54) is 6.42 Å². The number of hydrogen-bond acceptors (Lipinski definition) is 1. The van der Waals surface area contributed by atoms with Crippen LogP contribution < -0.4 is 5.32 Å². The van der Waals surface area contributed by atoms with Gasteiger partial charge in [0.15, 0.2) is 5.11 Å². The lowest BCUT2D eigenvalue weighted by Gasteiger charge is -2.18. The highest BCUT2D eigenvalue weighted by Gasteiger charge is 2.33. The minimum Gasteiger partial charge on any atom is -0.366 e. The predicted molar refractivity (Wildman–Crippen MR) is 51.6 cm³/mol. The Morgan fingerprint density at radius 3 is 2.64 bits per heavy atom. The molecule has 2 atom stereocenters. The van der Waals surface area contributed by atoms with Gasteiger partial charge >= 0.3 is 0 Å². The average Bonchev–Trinajstić information content (AvgIpc) is 2.65. The third-order valence-electron chi connectivity index (χ3n) is 2.35. The van der Waals surface area contributed by atoms with Crippen molar-refractivity contribution in [2.24, 2.45) is 11.8 Å². The normalized spacial score (nSPS) is 27.9. The molecule has 0 aromatic carbocycles. The van der Waals surface area contributed by atoms with Crippen molar-refractivity contribution in [1.29, 1.82) is 0 Å². The topological polar surface area (TPSA) is 15.3 Å². The van der Waals surface area contributed by atoms with E-state index in [0.717, 1.165) is 23.5 Å². The molecule has 0 amide bonds. The summed E-state index contributed by atoms with van der Waals surface area (Å²) in [7, 11) is 3.92. The van der Waals surface area contributed by atoms with Crippen LogP contribution in [0, 0.1) is 11.8 Å². The van der Waals surface area contributed by atoms with Crippen LogP contribution in [0.4, 0.5) is 0 Å². The van der Waals surface area contributed by atoms with Gasteiger partial charge in [0.05, 0.1) is 0 Å². The predicted octanol–water partition coefficient (Wildman–Crippen LogP) is 1.08. The molecule has 2 nitrogen and oxygen atoms in total. The molecule has 11 heavy (non-hydrogen) atoms. The van der Waals surface area contributed by atoms with E-state index in [0.29, 0.717) is 0 Å². The Morgan fingerprint density at radius 1 is 1.73 bits per heavy atom. The van der Waals surface area contributed by atoms with E-state index in [2.05, 4.69) is 17.1 Å². The fourth-order valence-corrected chi connectivity index (χ4v) is 1.35. The average molecular weight is 172 g/mol. The first-order valence-corrected chi connectivity index (χ1v) is 4.48. The molecule has 0 heterocycles. The van der Waals surface area contributed by atoms with Crippen molar-refractivity contribution in [1.82, 2.24) is 10.2 Å². The maximum Gasteiger partial charge on any atom is 0.168 e. The second-order valence-corrected chi connectivity index (χ2v) is 3.80. The van der Waals surface area contributed by atoms with Crippen LogP contribution in [0.25, 0.3) is 0 Å². The second-order valence-electron chi connectivity index (χ2n) is 3.41. The summed E-state index contributed by atoms with van der Waals surface area (Å²) in [6.07, 6.45) is 1.37. The SMILES string of the molecule is CNC(=S)N(C)CC1CC1C. The van der Waals surface area contributed by atoms with Crippen LogP contribution in [-0.2, 0) is 0 Å². The number of hydrogen-bond donors (Lipinski definition) is 1. The molecule has 0 bridgehead atoms. The zero-order chi connectivity index (χ0) is 8.43. The summed E-state index contributed by atoms with van der Waals surface area (Å²) in [4.78, 5) is 2.11. The zero-order valence-corrected chi connectivity index (χ0v) is 8.24. The number of nitrogens with one attached hydrogen (secondary N) is 1. The summed E-state index contributed by atoms with van der Waals surface area (Å²) < 4.78 is 0. The Balaban J connectivity index is 2.20. The third-order valence-corrected chi connectivity index (χ3v) is 2.86. The van der Waals surface area contributed by atoms with Gasteiger partial charge in [0.25, 0.3) is 0 Å². The molecule has 0 aromatic heterocycles. The van der Waals surface area contributed by atoms with E-state index >= 15 is 0 Å². The Labute approximate surface area is 74.0 Å². The second kappa shape index (κ2) is 3.39. The van der Waals surface area contributed by atoms with Gasteiger partial charge < -0.3 is 10.2 Å². The molecule has 1 aliphatic carbocycles. The highest BCUT2D eigenvalue weighted by atomic mass is 32.1. The fraction of sp³-hybridized carbons (Fsp3) is 0.875. The zero-order valence-electron chi connectivity index (χ0n) is 7.42. The first-order valence-electron chi connectivity index (χ1n) is 4.08. The van der Waals surface area contributed by atoms with E-state index in [1.54, 1.807) is 0 Å². The van der Waals surface area contributed by atoms with E-state index in [-0.39, 0.29) is 0 Å². The largest absolute Gasteiger partial charge is 0.366 e. The summed E-state index contributed by atoms with van der Waals surface area (Å²) in [6.45, 7) is 3.40. The van der Waals surface area contributed by atoms with Gasteiger partial charge in [-0.1, -0.05) is 6.92 Å². The lowest BCUT2D eigenvalue weighted by Crippen LogP contribution is -2.36. The molecule has 1 fully saturated rings. The quantitative estimate of drug-likeness (QED) is 0.627. The maximum atomic E-state index is 5.08. The lowest BCUT2D eigenvalue weighted by molar-refractivity contribution is 0.458. The minimum atomic E-state index is 0.851. The van der Waals surface area contributed by atoms with Crippen LogP contribution >= 0.6 is 12.2 Å². The van der Waals surface area contributed by atoms with Crippen LogP contribution in [0.2, 0.25) is 0 Å². The maximum absolute atomic E-state index is 5.08. The molecular formula is C8H16N2S. The van der Waals surface area contributed by atoms with Crippen molar-refractivity contribution in [2.45, 2.75) is 13.3 Å². The molecular weight excluding hydrogens is 156 g/mol. The van der Waals surface area contributed by atoms with E-state index < -0.39 is 0 Å². The van der Waals surface area contributed by atoms with E-state index in [4.69, 9.17) is 12.2 Å². The van der Waals surface area contributed by atoms with Gasteiger partial charge in [-0.05, 0) is 30.5 Å². The first-order chi connectivity index (χ1) is 5.15. The van der Waals surface area contributed by atoms with Crippen LogP contribution in [0.1, 0.15) is 13.3 Å². The standard InChI is InChI=1S/C8H16N2S/c1-6-4-7(6)5-10(3)8(11)9-2/h6-7H,4-5H2,1-3H3,(H,9,11). The summed E-state index contributed by atoms with van der Waals surface area (Å²) in [5.74, 6) is 1.79. The highest BCUT2D eigenvalue weighted by molar-refractivity contribution is 7.80. The monoisotopic (exact) mass is 172 g/mol. The van der Waals surface area contributed by atoms with Gasteiger partial charge in [-0.15, -0.1) is 0 Å². The van der Waals surface area contributed by atoms with Crippen molar-refractivity contribution in [3.05, 3.63) is 0 Å². The van der Waals surface area contributed by atoms with Crippen molar-refractivity contribution >= 4 is 17.3 Å². The molecule has 0 spiro atoms. The smallest absolute Gasteiger partial charge is 0.168 e. The molecule has 1 rings (SSSR count). The molecule has 0 aliphatic heterocycles. The van der Waals surface area contributed by atoms with Crippen molar-refractivity contribution in [2.75, 3.05) is 20.6 Å². The summed E-state index contributed by atoms with van der Waals surface area (Å²) in [6, 6.07) is 0. The van der Waals surface area contributed by atoms with Gasteiger partial charge in [0, 0.05) is 20.6 Å². The fourth-order valence-electron chi connectivity index (χ4n) is 1.28. The summed E-state index contributed by atoms with van der Waals surface area (Å²) >= 11 is 5.08. The lowest BCUT2D eigenvalue weighted by atomic mass is 10.3. The van der Waals surface area contributed by atoms with Crippen molar-refractivity contribution < 1.29 is 0 Å². The van der Waals surface area contributed by atoms with Gasteiger partial charge in [-0.2, -0.15) is 0 Å². The van der Waals surface area contributed by atoms with Crippen LogP contribution in [0.3, 0.4) is 0 Å². The van der Waals surface area contributed by atoms with E-state index in [1.807, 2.05) is 14.1 Å². The number of nitrogens with zero attached hydrogens (tertiary/aromatic N) is 1. The Kier molecular flexibility index (Phi) is 2.71. The molecule has 0 radical (unpaired) electrons. The number of rotatable bonds is 2. The van der Waals surface area contributed by atoms with E-state index in [9.17, 15) is 0 Å². The van der Waals surface area contributed by atoms with Crippen LogP contribution in [0.15, 0.2) is 0 Å². The Bertz CT molecular complexity index is 158. The summed E-state index contributed by atoms with van der Waals surface area (Å²) in [5, 5.41) is 3.82. The van der Waals surface area contributed by atoms with Gasteiger partial charge in [0.2, 0.25) is 0 Å². The highest BCUT2D eigenvalue weighted by Crippen LogP contribution is 2.37. The molecule has 3 heteroatoms. The summed E-state index contributed by atoms with van der Waals surface area (Å²) in [5.41, 5.74) is 0. The van der Waals surface area contributed by atoms with Gasteiger partial charge in [-0.25, -0.2) is 0 Å². The Hall–Kier alpha value is -0.310. The van der Waals surface area contributed by atoms with Crippen LogP contribution in [0.5, 0.6) is 0 Å². The minimum absolute atomic E-state index is 0.851. The van der Waals surface area contributed by atoms with Gasteiger partial charge in [-0.3, -0.25) is 0 Å². The molecule has 64 valence electrons. The van der Waals surface area contributed by atoms with Crippen molar-refractivity contribution in [3.8, 4) is 0 Å².